The Morgan fingerprint density at radius 2 is 0.579 bits per heavy atom. The number of fused-ring (bicyclic) bond motifs is 6. The Kier molecular flexibility index (Phi) is 58.3. The molecule has 0 aromatic heterocycles. The first-order valence-electron chi connectivity index (χ1n) is 43.3. The zero-order valence-electron chi connectivity index (χ0n) is 72.1. The van der Waals surface area contributed by atoms with Crippen molar-refractivity contribution in [3.63, 3.8) is 0 Å². The lowest BCUT2D eigenvalue weighted by atomic mass is 9.70. The minimum Gasteiger partial charge on any atom is -0.494 e. The summed E-state index contributed by atoms with van der Waals surface area (Å²) < 4.78 is 141. The molecule has 680 valence electrons. The lowest BCUT2D eigenvalue weighted by Crippen LogP contribution is -2.27. The lowest BCUT2D eigenvalue weighted by Gasteiger charge is -2.33. The minimum atomic E-state index is -0.988. The van der Waals surface area contributed by atoms with Crippen molar-refractivity contribution < 1.29 is 133 Å². The number of carbonyl (C=O) groups excluding carboxylic acids is 1. The second-order valence-corrected chi connectivity index (χ2v) is 28.3. The van der Waals surface area contributed by atoms with Crippen LogP contribution in [0.25, 0.3) is 44.5 Å². The first-order chi connectivity index (χ1) is 59.9. The van der Waals surface area contributed by atoms with Gasteiger partial charge in [0.05, 0.1) is 304 Å². The number of carbonyl (C=O) groups is 2. The van der Waals surface area contributed by atoms with Gasteiger partial charge in [-0.05, 0) is 136 Å². The van der Waals surface area contributed by atoms with Gasteiger partial charge in [-0.2, -0.15) is 0 Å². The summed E-state index contributed by atoms with van der Waals surface area (Å²) in [5, 5.41) is 11.7. The number of methoxy groups -OCH3 is 2. The predicted molar refractivity (Wildman–Crippen MR) is 457 cm³/mol. The quantitative estimate of drug-likeness (QED) is 0.0335. The molecule has 2 aliphatic rings. The Balaban J connectivity index is 0.793. The number of hydrogen-bond donors (Lipinski definition) is 2. The van der Waals surface area contributed by atoms with Crippen LogP contribution in [0.4, 0.5) is 0 Å². The molecular weight excluding hydrogens is 1570 g/mol. The molecule has 29 nitrogen and oxygen atoms in total. The maximum atomic E-state index is 12.0. The van der Waals surface area contributed by atoms with E-state index in [-0.39, 0.29) is 24.2 Å². The molecule has 0 fully saturated rings. The molecule has 0 bridgehead atoms. The van der Waals surface area contributed by atoms with Gasteiger partial charge in [0.15, 0.2) is 0 Å². The van der Waals surface area contributed by atoms with Gasteiger partial charge in [0.25, 0.3) is 0 Å². The third-order valence-electron chi connectivity index (χ3n) is 19.5. The molecule has 121 heavy (non-hydrogen) atoms. The molecule has 29 heteroatoms. The fourth-order valence-corrected chi connectivity index (χ4v) is 13.4. The number of unbranched alkanes of at least 4 members (excludes halogenated alkanes) is 1. The maximum absolute atomic E-state index is 12.0. The number of nitrogens with one attached hydrogen (secondary N) is 1. The van der Waals surface area contributed by atoms with Crippen LogP contribution >= 0.6 is 0 Å². The van der Waals surface area contributed by atoms with E-state index in [4.69, 9.17) is 124 Å². The van der Waals surface area contributed by atoms with Crippen molar-refractivity contribution >= 4 is 11.9 Å². The molecule has 2 N–H and O–H groups in total. The number of benzene rings is 5. The normalized spacial score (nSPS) is 12.5. The molecule has 7 rings (SSSR count). The van der Waals surface area contributed by atoms with Crippen LogP contribution in [0.2, 0.25) is 0 Å². The van der Waals surface area contributed by atoms with Crippen molar-refractivity contribution in [2.75, 3.05) is 331 Å². The van der Waals surface area contributed by atoms with E-state index in [1.807, 2.05) is 12.1 Å². The Labute approximate surface area is 717 Å². The van der Waals surface area contributed by atoms with Crippen LogP contribution in [0.5, 0.6) is 5.75 Å². The number of amides is 1. The first kappa shape index (κ1) is 102. The third kappa shape index (κ3) is 45.1. The molecule has 5 aromatic carbocycles. The maximum Gasteiger partial charge on any atom is 0.303 e. The fraction of sp³-hybridized carbons (Fsp3) is 0.652. The second-order valence-electron chi connectivity index (χ2n) is 28.3. The summed E-state index contributed by atoms with van der Waals surface area (Å²) in [5.41, 5.74) is 14.6. The van der Waals surface area contributed by atoms with E-state index < -0.39 is 5.97 Å². The Morgan fingerprint density at radius 3 is 0.917 bits per heavy atom. The summed E-state index contributed by atoms with van der Waals surface area (Å²) >= 11 is 0. The highest BCUT2D eigenvalue weighted by Gasteiger charge is 2.43. The van der Waals surface area contributed by atoms with Crippen molar-refractivity contribution in [3.8, 4) is 50.3 Å². The smallest absolute Gasteiger partial charge is 0.303 e. The van der Waals surface area contributed by atoms with E-state index in [1.54, 1.807) is 14.2 Å². The van der Waals surface area contributed by atoms with Crippen molar-refractivity contribution in [1.82, 2.24) is 5.32 Å². The first-order valence-corrected chi connectivity index (χ1v) is 43.3. The molecule has 5 aromatic rings. The molecule has 2 aliphatic carbocycles. The van der Waals surface area contributed by atoms with Crippen molar-refractivity contribution in [3.05, 3.63) is 125 Å². The summed E-state index contributed by atoms with van der Waals surface area (Å²) in [5.74, 6) is -0.492. The molecule has 0 radical (unpaired) electrons. The van der Waals surface area contributed by atoms with Gasteiger partial charge in [-0.3, -0.25) is 9.59 Å². The molecule has 0 heterocycles. The topological polar surface area (TPSA) is 297 Å². The molecule has 1 amide bonds. The summed E-state index contributed by atoms with van der Waals surface area (Å²) in [4.78, 5) is 22.9. The number of carboxylic acid groups (broad SMARTS) is 1. The van der Waals surface area contributed by atoms with Crippen molar-refractivity contribution in [2.24, 2.45) is 0 Å². The lowest BCUT2D eigenvalue weighted by molar-refractivity contribution is -0.138. The summed E-state index contributed by atoms with van der Waals surface area (Å²) in [6.07, 6.45) is 5.43. The molecular formula is C92H139NO28. The third-order valence-corrected chi connectivity index (χ3v) is 19.5. The Hall–Kier alpha value is -6.12. The highest BCUT2D eigenvalue weighted by molar-refractivity contribution is 5.87. The molecule has 0 saturated carbocycles. The van der Waals surface area contributed by atoms with Crippen LogP contribution in [0.1, 0.15) is 73.6 Å². The van der Waals surface area contributed by atoms with Crippen LogP contribution in [0.15, 0.2) is 103 Å². The minimum absolute atomic E-state index is 0.0308. The predicted octanol–water partition coefficient (Wildman–Crippen LogP) is 10.2. The van der Waals surface area contributed by atoms with Gasteiger partial charge >= 0.3 is 5.97 Å². The molecule has 0 spiro atoms. The average Bonchev–Trinajstić information content (AvgIpc) is 1.56. The average molecular weight is 1710 g/mol. The van der Waals surface area contributed by atoms with Crippen LogP contribution in [0.3, 0.4) is 0 Å². The Morgan fingerprint density at radius 1 is 0.289 bits per heavy atom. The molecule has 0 atom stereocenters. The number of hydrogen-bond acceptors (Lipinski definition) is 27. The number of rotatable bonds is 85. The summed E-state index contributed by atoms with van der Waals surface area (Å²) in [6.45, 7) is 23.5. The summed E-state index contributed by atoms with van der Waals surface area (Å²) in [7, 11) is 3.29. The monoisotopic (exact) mass is 1710 g/mol. The largest absolute Gasteiger partial charge is 0.494 e. The number of ether oxygens (including phenoxy) is 25. The SMILES string of the molecule is COCCOCCOCCOCCOCCOCCOCCOCCOCCOCCOCCOCCCC1(CCCOCCOCCOCCOCCOCCOCCOCCOCCOCCOCCOCCOC)c2cc(-c3ccc(OCCCCNC(=O)CCC(=O)O)cc3)ccc2-c2ccc(-c3ccc4c(c3)Cc3ccccc3-4)cc21. The van der Waals surface area contributed by atoms with E-state index in [0.717, 1.165) is 55.4 Å². The van der Waals surface area contributed by atoms with Gasteiger partial charge in [0, 0.05) is 45.8 Å². The van der Waals surface area contributed by atoms with Crippen LogP contribution in [-0.2, 0) is 135 Å². The van der Waals surface area contributed by atoms with Crippen LogP contribution < -0.4 is 10.1 Å². The van der Waals surface area contributed by atoms with E-state index in [1.165, 1.54) is 55.6 Å². The number of aliphatic carboxylic acids is 1. The number of carboxylic acids is 1. The van der Waals surface area contributed by atoms with E-state index in [0.29, 0.717) is 323 Å². The molecule has 0 saturated heterocycles. The zero-order valence-corrected chi connectivity index (χ0v) is 72.1. The van der Waals surface area contributed by atoms with E-state index in [2.05, 4.69) is 96.3 Å². The standard InChI is InChI=1S/C92H139NO28/c1-97-29-31-101-37-39-105-45-47-109-53-55-113-61-63-117-69-71-119-67-65-115-59-57-111-51-49-107-43-41-103-35-33-99-26-7-23-92(24-8-27-100-34-36-104-42-44-108-50-52-112-58-60-116-66-68-120-72-70-118-64-62-114-56-54-110-48-46-106-40-38-102-32-30-98-2)88-75-79(77-11-16-83(17-12-77)121-28-6-5-25-93-90(94)21-22-91(95)96)14-19-86(88)87-20-15-80(76-89(87)92)78-13-18-85-82(73-78)74-81-9-3-4-10-84(81)85/h3-4,9-20,73,75-76H,5-8,21-72,74H2,1-2H3,(H,93,94)(H,95,96). The zero-order chi connectivity index (χ0) is 84.9. The van der Waals surface area contributed by atoms with Gasteiger partial charge < -0.3 is 129 Å². The van der Waals surface area contributed by atoms with E-state index in [9.17, 15) is 9.59 Å². The highest BCUT2D eigenvalue weighted by Crippen LogP contribution is 2.56. The van der Waals surface area contributed by atoms with Crippen LogP contribution in [-0.4, -0.2) is 348 Å². The highest BCUT2D eigenvalue weighted by atomic mass is 16.6. The second kappa shape index (κ2) is 69.1. The van der Waals surface area contributed by atoms with Crippen molar-refractivity contribution in [1.29, 1.82) is 0 Å². The van der Waals surface area contributed by atoms with Gasteiger partial charge in [-0.1, -0.05) is 78.9 Å². The molecule has 0 aliphatic heterocycles. The van der Waals surface area contributed by atoms with Crippen LogP contribution in [0, 0.1) is 0 Å². The fourth-order valence-electron chi connectivity index (χ4n) is 13.4. The van der Waals surface area contributed by atoms with Gasteiger partial charge in [0.1, 0.15) is 5.75 Å². The van der Waals surface area contributed by atoms with Gasteiger partial charge in [0.2, 0.25) is 5.91 Å². The molecule has 0 unspecified atom stereocenters. The van der Waals surface area contributed by atoms with Gasteiger partial charge in [-0.25, -0.2) is 0 Å². The summed E-state index contributed by atoms with van der Waals surface area (Å²) in [6, 6.07) is 37.9. The van der Waals surface area contributed by atoms with E-state index >= 15 is 0 Å². The Bertz CT molecular complexity index is 3310. The van der Waals surface area contributed by atoms with Crippen molar-refractivity contribution in [2.45, 2.75) is 63.2 Å². The van der Waals surface area contributed by atoms with Gasteiger partial charge in [-0.15, -0.1) is 0 Å².